The molecular weight excluding hydrogens is 288 g/mol. The summed E-state index contributed by atoms with van der Waals surface area (Å²) in [6, 6.07) is 18.1. The molecule has 2 aliphatic carbocycles. The van der Waals surface area contributed by atoms with Gasteiger partial charge in [-0.25, -0.2) is 0 Å². The minimum Gasteiger partial charge on any atom is -0.0767 e. The lowest BCUT2D eigenvalue weighted by Gasteiger charge is -2.35. The molecule has 0 amide bonds. The maximum Gasteiger partial charge on any atom is -0.00527 e. The summed E-state index contributed by atoms with van der Waals surface area (Å²) in [5.41, 5.74) is 7.70. The van der Waals surface area contributed by atoms with Crippen LogP contribution >= 0.6 is 0 Å². The van der Waals surface area contributed by atoms with E-state index in [4.69, 9.17) is 0 Å². The van der Waals surface area contributed by atoms with E-state index in [0.29, 0.717) is 5.92 Å². The van der Waals surface area contributed by atoms with E-state index >= 15 is 0 Å². The van der Waals surface area contributed by atoms with Gasteiger partial charge in [-0.05, 0) is 71.8 Å². The van der Waals surface area contributed by atoms with Crippen molar-refractivity contribution in [1.29, 1.82) is 0 Å². The van der Waals surface area contributed by atoms with Crippen LogP contribution in [-0.4, -0.2) is 0 Å². The largest absolute Gasteiger partial charge is 0.0767 e. The molecule has 0 radical (unpaired) electrons. The average molecular weight is 316 g/mol. The van der Waals surface area contributed by atoms with Gasteiger partial charge in [-0.2, -0.15) is 0 Å². The van der Waals surface area contributed by atoms with Crippen molar-refractivity contribution < 1.29 is 0 Å². The minimum atomic E-state index is 0.700. The molecule has 124 valence electrons. The summed E-state index contributed by atoms with van der Waals surface area (Å²) >= 11 is 0. The highest BCUT2D eigenvalue weighted by Gasteiger charge is 2.39. The Kier molecular flexibility index (Phi) is 4.31. The van der Waals surface area contributed by atoms with Crippen LogP contribution in [0.15, 0.2) is 54.6 Å². The highest BCUT2D eigenvalue weighted by molar-refractivity contribution is 5.72. The van der Waals surface area contributed by atoms with Gasteiger partial charge in [0.25, 0.3) is 0 Å². The molecule has 0 spiro atoms. The first-order valence-corrected chi connectivity index (χ1v) is 9.62. The van der Waals surface area contributed by atoms with Crippen LogP contribution in [0, 0.1) is 18.8 Å². The standard InChI is InChI=1S/C24H28/c1-3-4-10-19-14-18-11-6-8-13-22(18)24-16-20(15-23(19)24)21-12-7-5-9-17(21)2/h5-9,11-13,15,19,23-24H,3-4,10,14,16H2,1-2H3. The maximum absolute atomic E-state index is 2.64. The van der Waals surface area contributed by atoms with Gasteiger partial charge in [0, 0.05) is 0 Å². The number of benzene rings is 2. The predicted octanol–water partition coefficient (Wildman–Crippen LogP) is 6.54. The molecular formula is C24H28. The number of hydrogen-bond acceptors (Lipinski definition) is 0. The second kappa shape index (κ2) is 6.59. The zero-order valence-electron chi connectivity index (χ0n) is 15.0. The van der Waals surface area contributed by atoms with Crippen molar-refractivity contribution in [1.82, 2.24) is 0 Å². The molecule has 2 aromatic rings. The van der Waals surface area contributed by atoms with Crippen molar-refractivity contribution in [2.45, 2.75) is 51.9 Å². The van der Waals surface area contributed by atoms with E-state index in [1.807, 2.05) is 0 Å². The lowest BCUT2D eigenvalue weighted by atomic mass is 9.69. The first-order valence-electron chi connectivity index (χ1n) is 9.62. The Morgan fingerprint density at radius 1 is 0.958 bits per heavy atom. The van der Waals surface area contributed by atoms with Gasteiger partial charge in [0.1, 0.15) is 0 Å². The average Bonchev–Trinajstić information content (AvgIpc) is 3.05. The quantitative estimate of drug-likeness (QED) is 0.600. The van der Waals surface area contributed by atoms with E-state index in [2.05, 4.69) is 68.5 Å². The zero-order valence-corrected chi connectivity index (χ0v) is 15.0. The van der Waals surface area contributed by atoms with Gasteiger partial charge in [-0.3, -0.25) is 0 Å². The van der Waals surface area contributed by atoms with Crippen LogP contribution in [-0.2, 0) is 6.42 Å². The van der Waals surface area contributed by atoms with E-state index < -0.39 is 0 Å². The molecule has 0 aliphatic heterocycles. The van der Waals surface area contributed by atoms with Gasteiger partial charge in [-0.15, -0.1) is 0 Å². The molecule has 0 saturated heterocycles. The Balaban J connectivity index is 1.71. The predicted molar refractivity (Wildman–Crippen MR) is 103 cm³/mol. The van der Waals surface area contributed by atoms with E-state index in [-0.39, 0.29) is 0 Å². The van der Waals surface area contributed by atoms with Gasteiger partial charge < -0.3 is 0 Å². The van der Waals surface area contributed by atoms with E-state index in [1.165, 1.54) is 43.2 Å². The van der Waals surface area contributed by atoms with Crippen LogP contribution in [0.1, 0.15) is 60.8 Å². The summed E-state index contributed by atoms with van der Waals surface area (Å²) in [7, 11) is 0. The fraction of sp³-hybridized carbons (Fsp3) is 0.417. The molecule has 0 fully saturated rings. The first kappa shape index (κ1) is 15.7. The highest BCUT2D eigenvalue weighted by Crippen LogP contribution is 2.51. The van der Waals surface area contributed by atoms with Gasteiger partial charge in [0.15, 0.2) is 0 Å². The van der Waals surface area contributed by atoms with Crippen LogP contribution < -0.4 is 0 Å². The third-order valence-corrected chi connectivity index (χ3v) is 6.20. The summed E-state index contributed by atoms with van der Waals surface area (Å²) < 4.78 is 0. The van der Waals surface area contributed by atoms with Crippen LogP contribution in [0.3, 0.4) is 0 Å². The number of aryl methyl sites for hydroxylation is 1. The van der Waals surface area contributed by atoms with Crippen molar-refractivity contribution in [2.24, 2.45) is 11.8 Å². The fourth-order valence-corrected chi connectivity index (χ4v) is 4.97. The summed E-state index contributed by atoms with van der Waals surface area (Å²) in [5, 5.41) is 0. The second-order valence-corrected chi connectivity index (χ2v) is 7.70. The van der Waals surface area contributed by atoms with E-state index in [1.54, 1.807) is 16.7 Å². The topological polar surface area (TPSA) is 0 Å². The number of unbranched alkanes of at least 4 members (excludes halogenated alkanes) is 1. The fourth-order valence-electron chi connectivity index (χ4n) is 4.97. The number of rotatable bonds is 4. The molecule has 2 aromatic carbocycles. The highest BCUT2D eigenvalue weighted by atomic mass is 14.4. The Morgan fingerprint density at radius 2 is 1.75 bits per heavy atom. The van der Waals surface area contributed by atoms with Gasteiger partial charge >= 0.3 is 0 Å². The Morgan fingerprint density at radius 3 is 2.58 bits per heavy atom. The van der Waals surface area contributed by atoms with E-state index in [9.17, 15) is 0 Å². The van der Waals surface area contributed by atoms with Crippen molar-refractivity contribution in [3.8, 4) is 0 Å². The van der Waals surface area contributed by atoms with E-state index in [0.717, 1.165) is 11.8 Å². The Labute approximate surface area is 146 Å². The molecule has 0 heterocycles. The normalized spacial score (nSPS) is 25.1. The molecule has 0 saturated carbocycles. The molecule has 2 aliphatic rings. The molecule has 3 atom stereocenters. The zero-order chi connectivity index (χ0) is 16.5. The Bertz CT molecular complexity index is 752. The van der Waals surface area contributed by atoms with Crippen LogP contribution in [0.4, 0.5) is 0 Å². The van der Waals surface area contributed by atoms with Crippen molar-refractivity contribution >= 4 is 5.57 Å². The van der Waals surface area contributed by atoms with Gasteiger partial charge in [0.2, 0.25) is 0 Å². The smallest absolute Gasteiger partial charge is 0.00527 e. The summed E-state index contributed by atoms with van der Waals surface area (Å²) in [6.07, 6.45) is 9.18. The summed E-state index contributed by atoms with van der Waals surface area (Å²) in [6.45, 7) is 4.57. The number of allylic oxidation sites excluding steroid dienone is 2. The summed E-state index contributed by atoms with van der Waals surface area (Å²) in [4.78, 5) is 0. The van der Waals surface area contributed by atoms with Crippen molar-refractivity contribution in [3.63, 3.8) is 0 Å². The van der Waals surface area contributed by atoms with Gasteiger partial charge in [0.05, 0.1) is 0 Å². The van der Waals surface area contributed by atoms with Crippen LogP contribution in [0.5, 0.6) is 0 Å². The van der Waals surface area contributed by atoms with Gasteiger partial charge in [-0.1, -0.05) is 74.4 Å². The lowest BCUT2D eigenvalue weighted by Crippen LogP contribution is -2.26. The molecule has 0 aromatic heterocycles. The maximum atomic E-state index is 2.64. The second-order valence-electron chi connectivity index (χ2n) is 7.70. The van der Waals surface area contributed by atoms with Crippen LogP contribution in [0.2, 0.25) is 0 Å². The molecule has 0 bridgehead atoms. The Hall–Kier alpha value is -1.82. The number of hydrogen-bond donors (Lipinski definition) is 0. The van der Waals surface area contributed by atoms with Crippen molar-refractivity contribution in [2.75, 3.05) is 0 Å². The summed E-state index contributed by atoms with van der Waals surface area (Å²) in [5.74, 6) is 2.26. The minimum absolute atomic E-state index is 0.700. The third kappa shape index (κ3) is 2.73. The monoisotopic (exact) mass is 316 g/mol. The molecule has 4 rings (SSSR count). The molecule has 24 heavy (non-hydrogen) atoms. The molecule has 0 nitrogen and oxygen atoms in total. The SMILES string of the molecule is CCCCC1Cc2ccccc2C2CC(c3ccccc3C)=CC12. The molecule has 0 heteroatoms. The molecule has 3 unspecified atom stereocenters. The van der Waals surface area contributed by atoms with Crippen molar-refractivity contribution in [3.05, 3.63) is 76.9 Å². The third-order valence-electron chi connectivity index (χ3n) is 6.20. The number of fused-ring (bicyclic) bond motifs is 3. The lowest BCUT2D eigenvalue weighted by molar-refractivity contribution is 0.302. The molecule has 0 N–H and O–H groups in total. The van der Waals surface area contributed by atoms with Crippen LogP contribution in [0.25, 0.3) is 5.57 Å². The first-order chi connectivity index (χ1) is 11.8.